The Morgan fingerprint density at radius 2 is 2.14 bits per heavy atom. The van der Waals surface area contributed by atoms with Crippen LogP contribution in [-0.4, -0.2) is 27.5 Å². The number of anilines is 1. The molecule has 0 saturated carbocycles. The molecule has 8 heteroatoms. The zero-order valence-electron chi connectivity index (χ0n) is 12.1. The molecule has 2 rings (SSSR count). The highest BCUT2D eigenvalue weighted by molar-refractivity contribution is 6.42. The van der Waals surface area contributed by atoms with Crippen LogP contribution in [0.25, 0.3) is 0 Å². The number of rotatable bonds is 4. The smallest absolute Gasteiger partial charge is 0.319 e. The monoisotopic (exact) mass is 342 g/mol. The second kappa shape index (κ2) is 6.56. The molecule has 0 aliphatic heterocycles. The van der Waals surface area contributed by atoms with Crippen molar-refractivity contribution < 1.29 is 9.90 Å². The summed E-state index contributed by atoms with van der Waals surface area (Å²) in [6.45, 7) is 1.63. The van der Waals surface area contributed by atoms with Gasteiger partial charge in [-0.05, 0) is 25.1 Å². The van der Waals surface area contributed by atoms with Crippen molar-refractivity contribution in [1.82, 2.24) is 15.1 Å². The zero-order chi connectivity index (χ0) is 16.3. The molecule has 0 saturated heterocycles. The van der Waals surface area contributed by atoms with Gasteiger partial charge in [-0.25, -0.2) is 4.79 Å². The van der Waals surface area contributed by atoms with E-state index in [0.29, 0.717) is 21.3 Å². The van der Waals surface area contributed by atoms with Gasteiger partial charge in [-0.2, -0.15) is 5.10 Å². The first-order valence-corrected chi connectivity index (χ1v) is 7.25. The second-order valence-corrected chi connectivity index (χ2v) is 5.93. The van der Waals surface area contributed by atoms with Crippen molar-refractivity contribution in [2.45, 2.75) is 12.5 Å². The first kappa shape index (κ1) is 16.6. The number of urea groups is 1. The maximum Gasteiger partial charge on any atom is 0.319 e. The van der Waals surface area contributed by atoms with E-state index >= 15 is 0 Å². The molecule has 0 fully saturated rings. The van der Waals surface area contributed by atoms with Crippen molar-refractivity contribution in [3.8, 4) is 0 Å². The van der Waals surface area contributed by atoms with Crippen LogP contribution < -0.4 is 10.6 Å². The molecular formula is C14H16Cl2N4O2. The molecule has 118 valence electrons. The summed E-state index contributed by atoms with van der Waals surface area (Å²) in [5.74, 6) is 0. The highest BCUT2D eigenvalue weighted by Gasteiger charge is 2.25. The fourth-order valence-electron chi connectivity index (χ4n) is 1.80. The van der Waals surface area contributed by atoms with Crippen LogP contribution in [0.2, 0.25) is 10.0 Å². The summed E-state index contributed by atoms with van der Waals surface area (Å²) in [5.41, 5.74) is -0.0961. The van der Waals surface area contributed by atoms with Gasteiger partial charge in [0.05, 0.1) is 22.8 Å². The molecule has 6 nitrogen and oxygen atoms in total. The molecule has 1 aromatic heterocycles. The van der Waals surface area contributed by atoms with Crippen molar-refractivity contribution in [3.63, 3.8) is 0 Å². The Kier molecular flexibility index (Phi) is 4.95. The molecule has 0 aliphatic rings. The van der Waals surface area contributed by atoms with Crippen molar-refractivity contribution in [2.24, 2.45) is 7.05 Å². The minimum absolute atomic E-state index is 0.0336. The summed E-state index contributed by atoms with van der Waals surface area (Å²) < 4.78 is 1.58. The molecule has 3 N–H and O–H groups in total. The van der Waals surface area contributed by atoms with E-state index in [9.17, 15) is 9.90 Å². The summed E-state index contributed by atoms with van der Waals surface area (Å²) in [7, 11) is 1.75. The minimum Gasteiger partial charge on any atom is -0.383 e. The Labute approximate surface area is 138 Å². The van der Waals surface area contributed by atoms with E-state index in [1.54, 1.807) is 49.2 Å². The van der Waals surface area contributed by atoms with E-state index in [0.717, 1.165) is 0 Å². The van der Waals surface area contributed by atoms with E-state index in [1.807, 2.05) is 0 Å². The molecule has 1 heterocycles. The van der Waals surface area contributed by atoms with Gasteiger partial charge >= 0.3 is 6.03 Å². The van der Waals surface area contributed by atoms with Gasteiger partial charge in [0.2, 0.25) is 0 Å². The summed E-state index contributed by atoms with van der Waals surface area (Å²) in [5, 5.41) is 20.3. The van der Waals surface area contributed by atoms with E-state index in [4.69, 9.17) is 23.2 Å². The summed E-state index contributed by atoms with van der Waals surface area (Å²) >= 11 is 11.7. The van der Waals surface area contributed by atoms with Crippen LogP contribution in [0.15, 0.2) is 30.6 Å². The van der Waals surface area contributed by atoms with E-state index in [2.05, 4.69) is 15.7 Å². The van der Waals surface area contributed by atoms with Crippen LogP contribution in [0.4, 0.5) is 10.5 Å². The fraction of sp³-hybridized carbons (Fsp3) is 0.286. The van der Waals surface area contributed by atoms with Crippen molar-refractivity contribution >= 4 is 34.9 Å². The van der Waals surface area contributed by atoms with Gasteiger partial charge in [0.1, 0.15) is 5.60 Å². The van der Waals surface area contributed by atoms with E-state index in [1.165, 1.54) is 0 Å². The Morgan fingerprint density at radius 3 is 2.73 bits per heavy atom. The fourth-order valence-corrected chi connectivity index (χ4v) is 2.10. The van der Waals surface area contributed by atoms with Crippen molar-refractivity contribution in [2.75, 3.05) is 11.9 Å². The topological polar surface area (TPSA) is 79.2 Å². The quantitative estimate of drug-likeness (QED) is 0.799. The summed E-state index contributed by atoms with van der Waals surface area (Å²) in [4.78, 5) is 11.9. The van der Waals surface area contributed by atoms with Gasteiger partial charge in [-0.3, -0.25) is 4.68 Å². The number of amides is 2. The standard InChI is InChI=1S/C14H16Cl2N4O2/c1-14(22,9-6-18-20(2)7-9)8-17-13(21)19-10-3-4-11(15)12(16)5-10/h3-7,22H,8H2,1-2H3,(H2,17,19,21). The lowest BCUT2D eigenvalue weighted by atomic mass is 10.00. The molecule has 0 spiro atoms. The molecule has 1 unspecified atom stereocenters. The molecule has 0 bridgehead atoms. The maximum atomic E-state index is 11.9. The maximum absolute atomic E-state index is 11.9. The molecule has 0 aliphatic carbocycles. The Morgan fingerprint density at radius 1 is 1.41 bits per heavy atom. The number of aromatic nitrogens is 2. The van der Waals surface area contributed by atoms with Gasteiger partial charge in [0.25, 0.3) is 0 Å². The number of halogens is 2. The van der Waals surface area contributed by atoms with Gasteiger partial charge in [0, 0.05) is 24.5 Å². The molecular weight excluding hydrogens is 327 g/mol. The second-order valence-electron chi connectivity index (χ2n) is 5.11. The van der Waals surface area contributed by atoms with E-state index in [-0.39, 0.29) is 6.54 Å². The predicted molar refractivity (Wildman–Crippen MR) is 86.3 cm³/mol. The Hall–Kier alpha value is -1.76. The largest absolute Gasteiger partial charge is 0.383 e. The van der Waals surface area contributed by atoms with Crippen LogP contribution in [-0.2, 0) is 12.6 Å². The van der Waals surface area contributed by atoms with Crippen molar-refractivity contribution in [1.29, 1.82) is 0 Å². The third-order valence-electron chi connectivity index (χ3n) is 3.10. The lowest BCUT2D eigenvalue weighted by Crippen LogP contribution is -2.40. The van der Waals surface area contributed by atoms with Gasteiger partial charge in [-0.15, -0.1) is 0 Å². The number of nitrogens with zero attached hydrogens (tertiary/aromatic N) is 2. The first-order valence-electron chi connectivity index (χ1n) is 6.49. The average molecular weight is 343 g/mol. The third-order valence-corrected chi connectivity index (χ3v) is 3.84. The molecule has 2 amide bonds. The summed E-state index contributed by atoms with van der Waals surface area (Å²) in [6.07, 6.45) is 3.25. The zero-order valence-corrected chi connectivity index (χ0v) is 13.6. The number of carbonyl (C=O) groups excluding carboxylic acids is 1. The van der Waals surface area contributed by atoms with Crippen molar-refractivity contribution in [3.05, 3.63) is 46.2 Å². The Balaban J connectivity index is 1.93. The van der Waals surface area contributed by atoms with Crippen LogP contribution >= 0.6 is 23.2 Å². The lowest BCUT2D eigenvalue weighted by Gasteiger charge is -2.22. The van der Waals surface area contributed by atoms with Crippen LogP contribution in [0.5, 0.6) is 0 Å². The van der Waals surface area contributed by atoms with E-state index < -0.39 is 11.6 Å². The molecule has 2 aromatic rings. The normalized spacial score (nSPS) is 13.5. The molecule has 1 aromatic carbocycles. The number of aryl methyl sites for hydroxylation is 1. The number of aliphatic hydroxyl groups is 1. The highest BCUT2D eigenvalue weighted by Crippen LogP contribution is 2.25. The number of carbonyl (C=O) groups is 1. The third kappa shape index (κ3) is 4.13. The van der Waals surface area contributed by atoms with Crippen LogP contribution in [0.3, 0.4) is 0 Å². The average Bonchev–Trinajstić information content (AvgIpc) is 2.88. The van der Waals surface area contributed by atoms with Gasteiger partial charge < -0.3 is 15.7 Å². The van der Waals surface area contributed by atoms with Gasteiger partial charge in [0.15, 0.2) is 0 Å². The lowest BCUT2D eigenvalue weighted by molar-refractivity contribution is 0.0599. The van der Waals surface area contributed by atoms with Crippen LogP contribution in [0, 0.1) is 0 Å². The SMILES string of the molecule is Cn1cc(C(C)(O)CNC(=O)Nc2ccc(Cl)c(Cl)c2)cn1. The number of benzene rings is 1. The summed E-state index contributed by atoms with van der Waals surface area (Å²) in [6, 6.07) is 4.31. The Bertz CT molecular complexity index is 685. The van der Waals surface area contributed by atoms with Gasteiger partial charge in [-0.1, -0.05) is 23.2 Å². The number of hydrogen-bond donors (Lipinski definition) is 3. The highest BCUT2D eigenvalue weighted by atomic mass is 35.5. The predicted octanol–water partition coefficient (Wildman–Crippen LogP) is 2.76. The van der Waals surface area contributed by atoms with Crippen LogP contribution in [0.1, 0.15) is 12.5 Å². The minimum atomic E-state index is -1.22. The number of nitrogens with one attached hydrogen (secondary N) is 2. The number of hydrogen-bond acceptors (Lipinski definition) is 3. The first-order chi connectivity index (χ1) is 10.3. The molecule has 22 heavy (non-hydrogen) atoms. The molecule has 0 radical (unpaired) electrons. The molecule has 1 atom stereocenters.